The molecule has 13 rings (SSSR count). The van der Waals surface area contributed by atoms with Gasteiger partial charge in [-0.3, -0.25) is 4.57 Å². The van der Waals surface area contributed by atoms with Crippen LogP contribution in [0.25, 0.3) is 125 Å². The number of hydrogen-bond acceptors (Lipinski definition) is 4. The van der Waals surface area contributed by atoms with Crippen LogP contribution in [0, 0.1) is 0 Å². The Labute approximate surface area is 348 Å². The van der Waals surface area contributed by atoms with Crippen molar-refractivity contribution in [2.75, 3.05) is 0 Å². The summed E-state index contributed by atoms with van der Waals surface area (Å²) in [7, 11) is 0. The van der Waals surface area contributed by atoms with Gasteiger partial charge in [-0.2, -0.15) is 9.97 Å². The molecule has 0 aliphatic heterocycles. The SMILES string of the molecule is c1ccc2cc(-c3nc(-c4ccc5ccccc5c4)nc(-n4c5ccc6ccccc6c5c5cccc(-c6ccc7c(c6)sc6ccc8ccccc8c67)c54)n3)ccc2c1. The van der Waals surface area contributed by atoms with Gasteiger partial charge in [0.05, 0.1) is 11.0 Å². The molecule has 0 spiro atoms. The second-order valence-corrected chi connectivity index (χ2v) is 16.7. The smallest absolute Gasteiger partial charge is 0.238 e. The second kappa shape index (κ2) is 12.9. The van der Waals surface area contributed by atoms with E-state index in [4.69, 9.17) is 15.0 Å². The summed E-state index contributed by atoms with van der Waals surface area (Å²) >= 11 is 1.86. The van der Waals surface area contributed by atoms with Crippen LogP contribution in [0.3, 0.4) is 0 Å². The lowest BCUT2D eigenvalue weighted by atomic mass is 9.98. The van der Waals surface area contributed by atoms with Crippen LogP contribution in [0.4, 0.5) is 0 Å². The van der Waals surface area contributed by atoms with Crippen molar-refractivity contribution in [3.63, 3.8) is 0 Å². The van der Waals surface area contributed by atoms with E-state index in [1.807, 2.05) is 11.3 Å². The molecule has 0 bridgehead atoms. The lowest BCUT2D eigenvalue weighted by Crippen LogP contribution is -2.07. The van der Waals surface area contributed by atoms with E-state index in [2.05, 4.69) is 199 Å². The lowest BCUT2D eigenvalue weighted by Gasteiger charge is -2.13. The van der Waals surface area contributed by atoms with E-state index in [1.165, 1.54) is 57.9 Å². The van der Waals surface area contributed by atoms with Gasteiger partial charge in [0.15, 0.2) is 11.6 Å². The number of benzene rings is 10. The number of fused-ring (bicyclic) bond motifs is 12. The monoisotopic (exact) mass is 780 g/mol. The van der Waals surface area contributed by atoms with Crippen molar-refractivity contribution in [1.82, 2.24) is 19.5 Å². The van der Waals surface area contributed by atoms with Crippen LogP contribution in [0.2, 0.25) is 0 Å². The van der Waals surface area contributed by atoms with Crippen LogP contribution in [0.5, 0.6) is 0 Å². The summed E-state index contributed by atoms with van der Waals surface area (Å²) < 4.78 is 4.85. The van der Waals surface area contributed by atoms with E-state index in [-0.39, 0.29) is 0 Å². The summed E-state index contributed by atoms with van der Waals surface area (Å²) in [5.74, 6) is 1.83. The molecule has 278 valence electrons. The van der Waals surface area contributed by atoms with Crippen molar-refractivity contribution in [3.8, 4) is 39.9 Å². The Bertz CT molecular complexity index is 3820. The lowest BCUT2D eigenvalue weighted by molar-refractivity contribution is 0.954. The molecule has 4 nitrogen and oxygen atoms in total. The Morgan fingerprint density at radius 1 is 0.350 bits per heavy atom. The van der Waals surface area contributed by atoms with E-state index in [0.717, 1.165) is 49.4 Å². The Hall–Kier alpha value is -7.73. The van der Waals surface area contributed by atoms with Gasteiger partial charge in [0.25, 0.3) is 0 Å². The van der Waals surface area contributed by atoms with Gasteiger partial charge in [0.1, 0.15) is 0 Å². The fourth-order valence-corrected chi connectivity index (χ4v) is 10.5. The minimum Gasteiger partial charge on any atom is -0.277 e. The normalized spacial score (nSPS) is 12.0. The van der Waals surface area contributed by atoms with Gasteiger partial charge in [-0.1, -0.05) is 164 Å². The molecule has 60 heavy (non-hydrogen) atoms. The molecule has 0 fully saturated rings. The molecule has 5 heteroatoms. The molecule has 0 N–H and O–H groups in total. The minimum atomic E-state index is 0.577. The average molecular weight is 781 g/mol. The van der Waals surface area contributed by atoms with E-state index < -0.39 is 0 Å². The van der Waals surface area contributed by atoms with Gasteiger partial charge in [-0.05, 0) is 79.0 Å². The third-order valence-electron chi connectivity index (χ3n) is 12.2. The minimum absolute atomic E-state index is 0.577. The van der Waals surface area contributed by atoms with Gasteiger partial charge >= 0.3 is 0 Å². The Kier molecular flexibility index (Phi) is 7.14. The van der Waals surface area contributed by atoms with Crippen molar-refractivity contribution < 1.29 is 0 Å². The van der Waals surface area contributed by atoms with Gasteiger partial charge in [-0.25, -0.2) is 4.98 Å². The van der Waals surface area contributed by atoms with Crippen molar-refractivity contribution in [3.05, 3.63) is 194 Å². The Balaban J connectivity index is 1.12. The second-order valence-electron chi connectivity index (χ2n) is 15.6. The maximum absolute atomic E-state index is 5.41. The molecule has 0 atom stereocenters. The number of thiophene rings is 1. The predicted octanol–water partition coefficient (Wildman–Crippen LogP) is 15.0. The first-order valence-corrected chi connectivity index (χ1v) is 21.1. The topological polar surface area (TPSA) is 43.6 Å². The fraction of sp³-hybridized carbons (Fsp3) is 0. The zero-order valence-corrected chi connectivity index (χ0v) is 33.0. The number of rotatable bonds is 4. The predicted molar refractivity (Wildman–Crippen MR) is 253 cm³/mol. The fourth-order valence-electron chi connectivity index (χ4n) is 9.37. The highest BCUT2D eigenvalue weighted by molar-refractivity contribution is 7.26. The molecular weight excluding hydrogens is 749 g/mol. The van der Waals surface area contributed by atoms with E-state index in [0.29, 0.717) is 17.6 Å². The quantitative estimate of drug-likeness (QED) is 0.179. The van der Waals surface area contributed by atoms with Crippen molar-refractivity contribution >= 4 is 96.4 Å². The maximum atomic E-state index is 5.41. The number of hydrogen-bond donors (Lipinski definition) is 0. The average Bonchev–Trinajstić information content (AvgIpc) is 3.87. The molecule has 0 radical (unpaired) electrons. The van der Waals surface area contributed by atoms with E-state index in [1.54, 1.807) is 0 Å². The van der Waals surface area contributed by atoms with E-state index in [9.17, 15) is 0 Å². The molecule has 0 aliphatic rings. The maximum Gasteiger partial charge on any atom is 0.238 e. The Morgan fingerprint density at radius 3 is 1.58 bits per heavy atom. The van der Waals surface area contributed by atoms with Crippen LogP contribution < -0.4 is 0 Å². The number of aromatic nitrogens is 4. The molecule has 3 heterocycles. The molecule has 13 aromatic rings. The Morgan fingerprint density at radius 2 is 0.900 bits per heavy atom. The van der Waals surface area contributed by atoms with Gasteiger partial charge in [0.2, 0.25) is 5.95 Å². The van der Waals surface area contributed by atoms with Crippen molar-refractivity contribution in [1.29, 1.82) is 0 Å². The third-order valence-corrected chi connectivity index (χ3v) is 13.3. The van der Waals surface area contributed by atoms with E-state index >= 15 is 0 Å². The third kappa shape index (κ3) is 5.06. The molecule has 0 amide bonds. The largest absolute Gasteiger partial charge is 0.277 e. The summed E-state index contributed by atoms with van der Waals surface area (Å²) in [4.78, 5) is 16.0. The van der Waals surface area contributed by atoms with Crippen LogP contribution in [0.15, 0.2) is 194 Å². The first-order valence-electron chi connectivity index (χ1n) is 20.3. The van der Waals surface area contributed by atoms with Crippen LogP contribution in [-0.2, 0) is 0 Å². The molecule has 10 aromatic carbocycles. The molecule has 0 saturated heterocycles. The summed E-state index contributed by atoms with van der Waals surface area (Å²) in [6, 6.07) is 69.8. The zero-order valence-electron chi connectivity index (χ0n) is 32.2. The van der Waals surface area contributed by atoms with Gasteiger partial charge in [-0.15, -0.1) is 11.3 Å². The highest BCUT2D eigenvalue weighted by atomic mass is 32.1. The number of para-hydroxylation sites is 1. The highest BCUT2D eigenvalue weighted by Crippen LogP contribution is 2.44. The summed E-state index contributed by atoms with van der Waals surface area (Å²) in [5, 5.41) is 14.5. The van der Waals surface area contributed by atoms with Crippen molar-refractivity contribution in [2.45, 2.75) is 0 Å². The van der Waals surface area contributed by atoms with Gasteiger partial charge < -0.3 is 0 Å². The molecular formula is C55H32N4S. The van der Waals surface area contributed by atoms with Crippen LogP contribution >= 0.6 is 11.3 Å². The summed E-state index contributed by atoms with van der Waals surface area (Å²) in [6.07, 6.45) is 0. The van der Waals surface area contributed by atoms with Gasteiger partial charge in [0, 0.05) is 47.6 Å². The summed E-state index contributed by atoms with van der Waals surface area (Å²) in [5.41, 5.74) is 6.26. The molecule has 0 saturated carbocycles. The first-order chi connectivity index (χ1) is 29.7. The molecule has 0 aliphatic carbocycles. The summed E-state index contributed by atoms with van der Waals surface area (Å²) in [6.45, 7) is 0. The highest BCUT2D eigenvalue weighted by Gasteiger charge is 2.22. The first kappa shape index (κ1) is 33.3. The molecule has 3 aromatic heterocycles. The van der Waals surface area contributed by atoms with Crippen molar-refractivity contribution in [2.24, 2.45) is 0 Å². The number of nitrogens with zero attached hydrogens (tertiary/aromatic N) is 4. The van der Waals surface area contributed by atoms with Crippen LogP contribution in [0.1, 0.15) is 0 Å². The molecule has 0 unspecified atom stereocenters. The van der Waals surface area contributed by atoms with Crippen LogP contribution in [-0.4, -0.2) is 19.5 Å². The zero-order chi connectivity index (χ0) is 39.3. The standard InChI is InChI=1S/C55H32N4S/c1-3-14-37-30-40(22-20-33(37)10-1)53-56-54(41-23-21-34-11-2-4-15-38(34)31-41)58-55(57-53)59-47-28-25-35-12-5-7-16-42(35)50(47)46-19-9-18-44(52(46)59)39-24-27-45-49(32-39)60-48-29-26-36-13-6-8-17-43(36)51(45)48/h1-32H.